The molecule has 0 saturated carbocycles. The highest BCUT2D eigenvalue weighted by Crippen LogP contribution is 2.27. The fourth-order valence-corrected chi connectivity index (χ4v) is 2.38. The standard InChI is InChI=1S/C14H18N2O2/c1-4-18-14(17)13-10(7-15)12-9(3)5-8(2)6-11(12)16-13/h5-6,16H,4,7,15H2,1-3H3. The number of benzene rings is 1. The van der Waals surface area contributed by atoms with Crippen LogP contribution in [0.25, 0.3) is 10.9 Å². The first-order chi connectivity index (χ1) is 8.58. The molecule has 4 nitrogen and oxygen atoms in total. The first-order valence-electron chi connectivity index (χ1n) is 6.07. The molecule has 0 aliphatic rings. The van der Waals surface area contributed by atoms with Crippen LogP contribution in [-0.2, 0) is 11.3 Å². The van der Waals surface area contributed by atoms with E-state index in [0.29, 0.717) is 18.8 Å². The van der Waals surface area contributed by atoms with Crippen molar-refractivity contribution in [2.75, 3.05) is 6.61 Å². The smallest absolute Gasteiger partial charge is 0.355 e. The molecule has 1 aromatic carbocycles. The van der Waals surface area contributed by atoms with E-state index >= 15 is 0 Å². The van der Waals surface area contributed by atoms with Gasteiger partial charge in [0.25, 0.3) is 0 Å². The molecule has 96 valence electrons. The van der Waals surface area contributed by atoms with Crippen LogP contribution in [0.5, 0.6) is 0 Å². The number of ether oxygens (including phenoxy) is 1. The first kappa shape index (κ1) is 12.6. The van der Waals surface area contributed by atoms with E-state index in [2.05, 4.69) is 11.1 Å². The third kappa shape index (κ3) is 1.99. The third-order valence-corrected chi connectivity index (χ3v) is 3.03. The topological polar surface area (TPSA) is 68.1 Å². The van der Waals surface area contributed by atoms with E-state index in [1.165, 1.54) is 0 Å². The molecule has 0 radical (unpaired) electrons. The van der Waals surface area contributed by atoms with Gasteiger partial charge in [-0.25, -0.2) is 4.79 Å². The zero-order valence-electron chi connectivity index (χ0n) is 11.0. The van der Waals surface area contributed by atoms with Gasteiger partial charge in [0.1, 0.15) is 5.69 Å². The highest BCUT2D eigenvalue weighted by Gasteiger charge is 2.19. The summed E-state index contributed by atoms with van der Waals surface area (Å²) >= 11 is 0. The number of H-pyrrole nitrogens is 1. The molecule has 1 heterocycles. The van der Waals surface area contributed by atoms with Crippen molar-refractivity contribution in [1.29, 1.82) is 0 Å². The van der Waals surface area contributed by atoms with Gasteiger partial charge in [-0.15, -0.1) is 0 Å². The van der Waals surface area contributed by atoms with Crippen molar-refractivity contribution in [3.63, 3.8) is 0 Å². The lowest BCUT2D eigenvalue weighted by Gasteiger charge is -2.03. The Kier molecular flexibility index (Phi) is 3.39. The minimum absolute atomic E-state index is 0.318. The minimum atomic E-state index is -0.341. The Labute approximate surface area is 106 Å². The maximum Gasteiger partial charge on any atom is 0.355 e. The second-order valence-electron chi connectivity index (χ2n) is 4.41. The summed E-state index contributed by atoms with van der Waals surface area (Å²) in [5.41, 5.74) is 10.3. The number of nitrogens with one attached hydrogen (secondary N) is 1. The quantitative estimate of drug-likeness (QED) is 0.817. The molecule has 0 saturated heterocycles. The molecule has 3 N–H and O–H groups in total. The molecule has 0 bridgehead atoms. The van der Waals surface area contributed by atoms with Crippen LogP contribution in [0.3, 0.4) is 0 Å². The Morgan fingerprint density at radius 1 is 1.39 bits per heavy atom. The van der Waals surface area contributed by atoms with Gasteiger partial charge in [-0.3, -0.25) is 0 Å². The van der Waals surface area contributed by atoms with Gasteiger partial charge in [0.05, 0.1) is 6.61 Å². The van der Waals surface area contributed by atoms with Gasteiger partial charge in [0, 0.05) is 23.0 Å². The summed E-state index contributed by atoms with van der Waals surface area (Å²) in [6.07, 6.45) is 0. The summed E-state index contributed by atoms with van der Waals surface area (Å²) in [6, 6.07) is 4.11. The second kappa shape index (κ2) is 4.82. The van der Waals surface area contributed by atoms with E-state index in [-0.39, 0.29) is 5.97 Å². The van der Waals surface area contributed by atoms with Gasteiger partial charge < -0.3 is 15.5 Å². The summed E-state index contributed by atoms with van der Waals surface area (Å²) in [5, 5.41) is 1.03. The molecule has 0 unspecified atom stereocenters. The number of aromatic nitrogens is 1. The number of aryl methyl sites for hydroxylation is 2. The third-order valence-electron chi connectivity index (χ3n) is 3.03. The Morgan fingerprint density at radius 3 is 2.72 bits per heavy atom. The van der Waals surface area contributed by atoms with Crippen molar-refractivity contribution < 1.29 is 9.53 Å². The van der Waals surface area contributed by atoms with Crippen LogP contribution in [0.4, 0.5) is 0 Å². The molecule has 0 spiro atoms. The van der Waals surface area contributed by atoms with Crippen molar-refractivity contribution in [3.05, 3.63) is 34.5 Å². The molecule has 4 heteroatoms. The normalized spacial score (nSPS) is 10.9. The predicted octanol–water partition coefficient (Wildman–Crippen LogP) is 2.42. The van der Waals surface area contributed by atoms with E-state index in [1.54, 1.807) is 6.92 Å². The van der Waals surface area contributed by atoms with E-state index in [9.17, 15) is 4.79 Å². The molecule has 18 heavy (non-hydrogen) atoms. The number of nitrogens with two attached hydrogens (primary N) is 1. The van der Waals surface area contributed by atoms with Gasteiger partial charge in [-0.05, 0) is 38.0 Å². The number of esters is 1. The van der Waals surface area contributed by atoms with Crippen molar-refractivity contribution in [2.24, 2.45) is 5.73 Å². The number of aromatic amines is 1. The number of carbonyl (C=O) groups excluding carboxylic acids is 1. The SMILES string of the molecule is CCOC(=O)c1[nH]c2cc(C)cc(C)c2c1CN. The van der Waals surface area contributed by atoms with E-state index in [1.807, 2.05) is 19.9 Å². The average molecular weight is 246 g/mol. The lowest BCUT2D eigenvalue weighted by molar-refractivity contribution is 0.0519. The Hall–Kier alpha value is -1.81. The maximum atomic E-state index is 11.9. The predicted molar refractivity (Wildman–Crippen MR) is 71.6 cm³/mol. The summed E-state index contributed by atoms with van der Waals surface area (Å²) in [7, 11) is 0. The van der Waals surface area contributed by atoms with E-state index < -0.39 is 0 Å². The first-order valence-corrected chi connectivity index (χ1v) is 6.07. The van der Waals surface area contributed by atoms with Gasteiger partial charge in [0.15, 0.2) is 0 Å². The lowest BCUT2D eigenvalue weighted by atomic mass is 10.0. The zero-order chi connectivity index (χ0) is 13.3. The Bertz CT molecular complexity index is 599. The van der Waals surface area contributed by atoms with Gasteiger partial charge >= 0.3 is 5.97 Å². The second-order valence-corrected chi connectivity index (χ2v) is 4.41. The molecule has 0 aliphatic heterocycles. The van der Waals surface area contributed by atoms with Crippen molar-refractivity contribution in [2.45, 2.75) is 27.3 Å². The van der Waals surface area contributed by atoms with Crippen LogP contribution in [0.2, 0.25) is 0 Å². The van der Waals surface area contributed by atoms with Crippen molar-refractivity contribution in [3.8, 4) is 0 Å². The van der Waals surface area contributed by atoms with Gasteiger partial charge in [-0.1, -0.05) is 6.07 Å². The molecule has 1 aromatic heterocycles. The fourth-order valence-electron chi connectivity index (χ4n) is 2.38. The lowest BCUT2D eigenvalue weighted by Crippen LogP contribution is -2.10. The molecular weight excluding hydrogens is 228 g/mol. The highest BCUT2D eigenvalue weighted by atomic mass is 16.5. The number of carbonyl (C=O) groups is 1. The van der Waals surface area contributed by atoms with Crippen LogP contribution in [0.1, 0.15) is 34.1 Å². The fraction of sp³-hybridized carbons (Fsp3) is 0.357. The maximum absolute atomic E-state index is 11.9. The Balaban J connectivity index is 2.68. The zero-order valence-corrected chi connectivity index (χ0v) is 11.0. The van der Waals surface area contributed by atoms with Gasteiger partial charge in [0.2, 0.25) is 0 Å². The number of hydrogen-bond acceptors (Lipinski definition) is 3. The summed E-state index contributed by atoms with van der Waals surface area (Å²) in [4.78, 5) is 15.0. The molecule has 0 amide bonds. The minimum Gasteiger partial charge on any atom is -0.461 e. The van der Waals surface area contributed by atoms with E-state index in [0.717, 1.165) is 27.6 Å². The largest absolute Gasteiger partial charge is 0.461 e. The van der Waals surface area contributed by atoms with E-state index in [4.69, 9.17) is 10.5 Å². The van der Waals surface area contributed by atoms with Crippen molar-refractivity contribution in [1.82, 2.24) is 4.98 Å². The molecule has 0 atom stereocenters. The average Bonchev–Trinajstić information content (AvgIpc) is 2.67. The summed E-state index contributed by atoms with van der Waals surface area (Å²) < 4.78 is 5.04. The van der Waals surface area contributed by atoms with Crippen LogP contribution in [0, 0.1) is 13.8 Å². The Morgan fingerprint density at radius 2 is 2.11 bits per heavy atom. The molecule has 0 fully saturated rings. The van der Waals surface area contributed by atoms with Crippen LogP contribution in [0.15, 0.2) is 12.1 Å². The molecular formula is C14H18N2O2. The molecule has 2 rings (SSSR count). The van der Waals surface area contributed by atoms with Crippen LogP contribution >= 0.6 is 0 Å². The monoisotopic (exact) mass is 246 g/mol. The van der Waals surface area contributed by atoms with Crippen LogP contribution < -0.4 is 5.73 Å². The number of fused-ring (bicyclic) bond motifs is 1. The number of rotatable bonds is 3. The van der Waals surface area contributed by atoms with Crippen LogP contribution in [-0.4, -0.2) is 17.6 Å². The number of hydrogen-bond donors (Lipinski definition) is 2. The van der Waals surface area contributed by atoms with Gasteiger partial charge in [-0.2, -0.15) is 0 Å². The highest BCUT2D eigenvalue weighted by molar-refractivity contribution is 5.99. The summed E-state index contributed by atoms with van der Waals surface area (Å²) in [5.74, 6) is -0.341. The summed E-state index contributed by atoms with van der Waals surface area (Å²) in [6.45, 7) is 6.52. The van der Waals surface area contributed by atoms with Crippen molar-refractivity contribution >= 4 is 16.9 Å². The molecule has 2 aromatic rings. The molecule has 0 aliphatic carbocycles.